The lowest BCUT2D eigenvalue weighted by Gasteiger charge is -2.37. The van der Waals surface area contributed by atoms with E-state index >= 15 is 0 Å². The summed E-state index contributed by atoms with van der Waals surface area (Å²) in [5.74, 6) is -0.379. The summed E-state index contributed by atoms with van der Waals surface area (Å²) in [5.41, 5.74) is 1.02. The van der Waals surface area contributed by atoms with Gasteiger partial charge < -0.3 is 23.7 Å². The van der Waals surface area contributed by atoms with Crippen LogP contribution in [0.25, 0.3) is 0 Å². The van der Waals surface area contributed by atoms with Crippen LogP contribution in [-0.4, -0.2) is 61.6 Å². The molecule has 174 valence electrons. The number of ether oxygens (including phenoxy) is 2. The van der Waals surface area contributed by atoms with E-state index in [1.165, 1.54) is 28.2 Å². The van der Waals surface area contributed by atoms with Gasteiger partial charge in [0.05, 0.1) is 18.9 Å². The molecule has 2 aromatic heterocycles. The standard InChI is InChI=1S/C24H25FN2O5S/c1-30-12-10-26(24(29)21-6-3-11-31-21)15-23(28)27-9-7-22-19(8-13-33-22)20(27)16-32-18-5-2-4-17(25)14-18/h2-6,8,11,13-14,20H,7,9-10,12,15-16H2,1H3/t20-/m0/s1. The molecule has 3 aromatic rings. The van der Waals surface area contributed by atoms with Crippen LogP contribution >= 0.6 is 11.3 Å². The predicted molar refractivity (Wildman–Crippen MR) is 121 cm³/mol. The van der Waals surface area contributed by atoms with E-state index in [0.29, 0.717) is 18.9 Å². The number of carbonyl (C=O) groups is 2. The Labute approximate surface area is 195 Å². The first-order valence-electron chi connectivity index (χ1n) is 10.6. The summed E-state index contributed by atoms with van der Waals surface area (Å²) >= 11 is 1.65. The quantitative estimate of drug-likeness (QED) is 0.474. The summed E-state index contributed by atoms with van der Waals surface area (Å²) < 4.78 is 29.8. The summed E-state index contributed by atoms with van der Waals surface area (Å²) in [7, 11) is 1.54. The van der Waals surface area contributed by atoms with Gasteiger partial charge in [-0.2, -0.15) is 0 Å². The maximum atomic E-state index is 13.6. The van der Waals surface area contributed by atoms with Crippen molar-refractivity contribution < 1.29 is 27.9 Å². The van der Waals surface area contributed by atoms with Gasteiger partial charge in [-0.15, -0.1) is 11.3 Å². The molecule has 0 N–H and O–H groups in total. The molecule has 0 bridgehead atoms. The number of hydrogen-bond donors (Lipinski definition) is 0. The van der Waals surface area contributed by atoms with E-state index < -0.39 is 0 Å². The predicted octanol–water partition coefficient (Wildman–Crippen LogP) is 3.77. The molecule has 0 saturated carbocycles. The van der Waals surface area contributed by atoms with Gasteiger partial charge in [-0.3, -0.25) is 9.59 Å². The minimum atomic E-state index is -0.384. The lowest BCUT2D eigenvalue weighted by atomic mass is 10.0. The number of furan rings is 1. The van der Waals surface area contributed by atoms with Gasteiger partial charge in [0.2, 0.25) is 5.91 Å². The third kappa shape index (κ3) is 5.43. The normalized spacial score (nSPS) is 15.2. The molecule has 0 fully saturated rings. The van der Waals surface area contributed by atoms with Gasteiger partial charge >= 0.3 is 0 Å². The van der Waals surface area contributed by atoms with Gasteiger partial charge in [-0.1, -0.05) is 6.07 Å². The number of halogens is 1. The minimum absolute atomic E-state index is 0.112. The van der Waals surface area contributed by atoms with Crippen molar-refractivity contribution in [2.45, 2.75) is 12.5 Å². The molecule has 1 aliphatic heterocycles. The fraction of sp³-hybridized carbons (Fsp3) is 0.333. The van der Waals surface area contributed by atoms with Crippen LogP contribution in [-0.2, 0) is 16.0 Å². The Balaban J connectivity index is 1.51. The molecule has 0 unspecified atom stereocenters. The number of benzene rings is 1. The van der Waals surface area contributed by atoms with E-state index in [1.807, 2.05) is 11.4 Å². The SMILES string of the molecule is COCCN(CC(=O)N1CCc2sccc2[C@@H]1COc1cccc(F)c1)C(=O)c1ccco1. The van der Waals surface area contributed by atoms with Crippen molar-refractivity contribution in [2.75, 3.05) is 40.0 Å². The van der Waals surface area contributed by atoms with Crippen molar-refractivity contribution >= 4 is 23.2 Å². The third-order valence-electron chi connectivity index (χ3n) is 5.53. The van der Waals surface area contributed by atoms with Crippen LogP contribution in [0.5, 0.6) is 5.75 Å². The van der Waals surface area contributed by atoms with Gasteiger partial charge in [0.25, 0.3) is 5.91 Å². The molecule has 7 nitrogen and oxygen atoms in total. The molecule has 0 radical (unpaired) electrons. The van der Waals surface area contributed by atoms with Gasteiger partial charge in [0.15, 0.2) is 5.76 Å². The van der Waals surface area contributed by atoms with Gasteiger partial charge in [0.1, 0.15) is 24.7 Å². The van der Waals surface area contributed by atoms with Crippen LogP contribution in [0.15, 0.2) is 58.5 Å². The Bertz CT molecular complexity index is 1080. The first-order valence-corrected chi connectivity index (χ1v) is 11.5. The molecule has 1 aromatic carbocycles. The molecule has 3 heterocycles. The highest BCUT2D eigenvalue weighted by atomic mass is 32.1. The van der Waals surface area contributed by atoms with Crippen LogP contribution in [0, 0.1) is 5.82 Å². The monoisotopic (exact) mass is 472 g/mol. The molecular weight excluding hydrogens is 447 g/mol. The van der Waals surface area contributed by atoms with Crippen molar-refractivity contribution in [1.29, 1.82) is 0 Å². The van der Waals surface area contributed by atoms with E-state index in [4.69, 9.17) is 13.9 Å². The molecular formula is C24H25FN2O5S. The number of carbonyl (C=O) groups excluding carboxylic acids is 2. The highest BCUT2D eigenvalue weighted by molar-refractivity contribution is 7.10. The Kier molecular flexibility index (Phi) is 7.41. The molecule has 1 aliphatic rings. The maximum absolute atomic E-state index is 13.6. The average Bonchev–Trinajstić information content (AvgIpc) is 3.52. The minimum Gasteiger partial charge on any atom is -0.491 e. The topological polar surface area (TPSA) is 72.2 Å². The summed E-state index contributed by atoms with van der Waals surface area (Å²) in [6.45, 7) is 1.13. The summed E-state index contributed by atoms with van der Waals surface area (Å²) in [4.78, 5) is 30.6. The second kappa shape index (κ2) is 10.6. The van der Waals surface area contributed by atoms with Crippen LogP contribution in [0.3, 0.4) is 0 Å². The van der Waals surface area contributed by atoms with E-state index in [9.17, 15) is 14.0 Å². The number of thiophene rings is 1. The smallest absolute Gasteiger partial charge is 0.290 e. The zero-order valence-electron chi connectivity index (χ0n) is 18.2. The molecule has 9 heteroatoms. The van der Waals surface area contributed by atoms with Crippen LogP contribution < -0.4 is 4.74 Å². The lowest BCUT2D eigenvalue weighted by Crippen LogP contribution is -2.48. The largest absolute Gasteiger partial charge is 0.491 e. The molecule has 0 saturated heterocycles. The first kappa shape index (κ1) is 23.0. The number of methoxy groups -OCH3 is 1. The van der Waals surface area contributed by atoms with Crippen LogP contribution in [0.4, 0.5) is 4.39 Å². The van der Waals surface area contributed by atoms with Crippen molar-refractivity contribution in [1.82, 2.24) is 9.80 Å². The fourth-order valence-electron chi connectivity index (χ4n) is 3.87. The molecule has 0 aliphatic carbocycles. The van der Waals surface area contributed by atoms with Crippen molar-refractivity contribution in [3.8, 4) is 5.75 Å². The van der Waals surface area contributed by atoms with E-state index in [2.05, 4.69) is 0 Å². The first-order chi connectivity index (χ1) is 16.1. The summed E-state index contributed by atoms with van der Waals surface area (Å²) in [6, 6.07) is 10.8. The van der Waals surface area contributed by atoms with Crippen molar-refractivity contribution in [3.05, 3.63) is 76.1 Å². The zero-order valence-corrected chi connectivity index (χ0v) is 19.1. The fourth-order valence-corrected chi connectivity index (χ4v) is 4.80. The Hall–Kier alpha value is -3.17. The highest BCUT2D eigenvalue weighted by Gasteiger charge is 2.34. The second-order valence-electron chi connectivity index (χ2n) is 7.62. The Morgan fingerprint density at radius 2 is 2.15 bits per heavy atom. The second-order valence-corrected chi connectivity index (χ2v) is 8.62. The summed E-state index contributed by atoms with van der Waals surface area (Å²) in [6.07, 6.45) is 2.16. The van der Waals surface area contributed by atoms with E-state index in [-0.39, 0.29) is 49.1 Å². The van der Waals surface area contributed by atoms with E-state index in [0.717, 1.165) is 12.0 Å². The molecule has 1 atom stereocenters. The number of nitrogens with zero attached hydrogens (tertiary/aromatic N) is 2. The average molecular weight is 473 g/mol. The number of rotatable bonds is 9. The van der Waals surface area contributed by atoms with Gasteiger partial charge in [-0.05, 0) is 47.7 Å². The molecule has 0 spiro atoms. The Morgan fingerprint density at radius 3 is 2.91 bits per heavy atom. The zero-order chi connectivity index (χ0) is 23.2. The van der Waals surface area contributed by atoms with Crippen molar-refractivity contribution in [2.24, 2.45) is 0 Å². The van der Waals surface area contributed by atoms with Crippen LogP contribution in [0.1, 0.15) is 27.0 Å². The molecule has 4 rings (SSSR count). The van der Waals surface area contributed by atoms with Gasteiger partial charge in [0, 0.05) is 31.1 Å². The highest BCUT2D eigenvalue weighted by Crippen LogP contribution is 2.34. The molecule has 33 heavy (non-hydrogen) atoms. The molecule has 2 amide bonds. The number of amides is 2. The lowest BCUT2D eigenvalue weighted by molar-refractivity contribution is -0.135. The number of fused-ring (bicyclic) bond motifs is 1. The van der Waals surface area contributed by atoms with Gasteiger partial charge in [-0.25, -0.2) is 4.39 Å². The maximum Gasteiger partial charge on any atom is 0.290 e. The van der Waals surface area contributed by atoms with E-state index in [1.54, 1.807) is 47.6 Å². The van der Waals surface area contributed by atoms with Crippen molar-refractivity contribution in [3.63, 3.8) is 0 Å². The van der Waals surface area contributed by atoms with Crippen LogP contribution in [0.2, 0.25) is 0 Å². The number of hydrogen-bond acceptors (Lipinski definition) is 6. The summed E-state index contributed by atoms with van der Waals surface area (Å²) in [5, 5.41) is 2.00. The third-order valence-corrected chi connectivity index (χ3v) is 6.53. The Morgan fingerprint density at radius 1 is 1.27 bits per heavy atom.